The first-order valence-electron chi connectivity index (χ1n) is 7.40. The Labute approximate surface area is 117 Å². The molecule has 1 saturated carbocycles. The van der Waals surface area contributed by atoms with E-state index in [4.69, 9.17) is 0 Å². The van der Waals surface area contributed by atoms with Crippen LogP contribution in [0.25, 0.3) is 0 Å². The summed E-state index contributed by atoms with van der Waals surface area (Å²) in [7, 11) is 0. The molecule has 1 N–H and O–H groups in total. The van der Waals surface area contributed by atoms with Gasteiger partial charge in [0.2, 0.25) is 0 Å². The third-order valence-corrected chi connectivity index (χ3v) is 4.61. The van der Waals surface area contributed by atoms with Gasteiger partial charge in [-0.2, -0.15) is 0 Å². The molecule has 3 unspecified atom stereocenters. The van der Waals surface area contributed by atoms with Gasteiger partial charge >= 0.3 is 0 Å². The van der Waals surface area contributed by atoms with Crippen molar-refractivity contribution >= 4 is 5.78 Å². The lowest BCUT2D eigenvalue weighted by Gasteiger charge is -2.40. The molecular formula is C16H19F2NO. The van der Waals surface area contributed by atoms with Gasteiger partial charge in [0.25, 0.3) is 0 Å². The second kappa shape index (κ2) is 5.60. The normalized spacial score (nSPS) is 29.8. The zero-order chi connectivity index (χ0) is 14.1. The molecule has 2 nitrogen and oxygen atoms in total. The first-order valence-corrected chi connectivity index (χ1v) is 7.40. The molecule has 1 aromatic rings. The summed E-state index contributed by atoms with van der Waals surface area (Å²) < 4.78 is 26.4. The van der Waals surface area contributed by atoms with Gasteiger partial charge in [0.05, 0.1) is 6.04 Å². The number of hydrogen-bond donors (Lipinski definition) is 1. The number of nitrogens with one attached hydrogen (secondary N) is 1. The fourth-order valence-corrected chi connectivity index (χ4v) is 3.60. The van der Waals surface area contributed by atoms with Gasteiger partial charge in [0.1, 0.15) is 11.6 Å². The van der Waals surface area contributed by atoms with E-state index in [-0.39, 0.29) is 17.4 Å². The highest BCUT2D eigenvalue weighted by atomic mass is 19.1. The second-order valence-corrected chi connectivity index (χ2v) is 5.97. The van der Waals surface area contributed by atoms with Crippen LogP contribution >= 0.6 is 0 Å². The van der Waals surface area contributed by atoms with Gasteiger partial charge < -0.3 is 5.32 Å². The molecule has 4 heteroatoms. The van der Waals surface area contributed by atoms with E-state index in [2.05, 4.69) is 5.32 Å². The van der Waals surface area contributed by atoms with Crippen molar-refractivity contribution in [1.29, 1.82) is 0 Å². The van der Waals surface area contributed by atoms with Crippen LogP contribution in [0.15, 0.2) is 18.2 Å². The molecule has 2 fully saturated rings. The lowest BCUT2D eigenvalue weighted by atomic mass is 9.77. The van der Waals surface area contributed by atoms with E-state index in [1.54, 1.807) is 0 Å². The molecule has 1 saturated heterocycles. The van der Waals surface area contributed by atoms with Crippen molar-refractivity contribution in [2.75, 3.05) is 0 Å². The Kier molecular flexibility index (Phi) is 3.83. The van der Waals surface area contributed by atoms with Crippen LogP contribution in [-0.4, -0.2) is 17.9 Å². The Bertz CT molecular complexity index is 497. The Morgan fingerprint density at radius 2 is 1.70 bits per heavy atom. The summed E-state index contributed by atoms with van der Waals surface area (Å²) in [6.07, 6.45) is 6.60. The van der Waals surface area contributed by atoms with E-state index >= 15 is 0 Å². The Balaban J connectivity index is 1.74. The van der Waals surface area contributed by atoms with Gasteiger partial charge in [0.15, 0.2) is 5.78 Å². The summed E-state index contributed by atoms with van der Waals surface area (Å²) in [6, 6.07) is 3.14. The van der Waals surface area contributed by atoms with Crippen LogP contribution in [0.5, 0.6) is 0 Å². The van der Waals surface area contributed by atoms with E-state index < -0.39 is 11.6 Å². The molecule has 0 bridgehead atoms. The third-order valence-electron chi connectivity index (χ3n) is 4.61. The summed E-state index contributed by atoms with van der Waals surface area (Å²) in [5, 5.41) is 3.40. The number of benzene rings is 1. The molecule has 3 atom stereocenters. The van der Waals surface area contributed by atoms with E-state index in [0.717, 1.165) is 37.5 Å². The molecule has 0 aromatic heterocycles. The quantitative estimate of drug-likeness (QED) is 0.840. The Hall–Kier alpha value is -1.29. The minimum absolute atomic E-state index is 0.134. The molecule has 1 aromatic carbocycles. The molecule has 1 aliphatic carbocycles. The summed E-state index contributed by atoms with van der Waals surface area (Å²) in [5.41, 5.74) is 0.134. The average Bonchev–Trinajstić information content (AvgIpc) is 2.45. The maximum Gasteiger partial charge on any atom is 0.179 e. The predicted molar refractivity (Wildman–Crippen MR) is 72.6 cm³/mol. The van der Waals surface area contributed by atoms with Crippen molar-refractivity contribution in [2.45, 2.75) is 50.6 Å². The minimum atomic E-state index is -0.695. The molecule has 3 rings (SSSR count). The van der Waals surface area contributed by atoms with Gasteiger partial charge in [-0.15, -0.1) is 0 Å². The predicted octanol–water partition coefficient (Wildman–Crippen LogP) is 3.46. The fraction of sp³-hybridized carbons (Fsp3) is 0.562. The molecule has 1 aliphatic heterocycles. The van der Waals surface area contributed by atoms with Gasteiger partial charge in [-0.25, -0.2) is 8.78 Å². The molecule has 0 radical (unpaired) electrons. The van der Waals surface area contributed by atoms with Gasteiger partial charge in [-0.05, 0) is 43.7 Å². The van der Waals surface area contributed by atoms with Crippen LogP contribution in [0.2, 0.25) is 0 Å². The van der Waals surface area contributed by atoms with Crippen LogP contribution in [-0.2, 0) is 0 Å². The summed E-state index contributed by atoms with van der Waals surface area (Å²) in [6.45, 7) is 0. The average molecular weight is 279 g/mol. The highest BCUT2D eigenvalue weighted by Gasteiger charge is 2.34. The SMILES string of the molecule is O=C(c1cc(F)cc(F)c1)C1CCC2CCCCC2N1. The molecule has 20 heavy (non-hydrogen) atoms. The second-order valence-electron chi connectivity index (χ2n) is 5.97. The topological polar surface area (TPSA) is 29.1 Å². The van der Waals surface area contributed by atoms with Gasteiger partial charge in [-0.3, -0.25) is 4.79 Å². The molecule has 0 spiro atoms. The Morgan fingerprint density at radius 1 is 1.00 bits per heavy atom. The van der Waals surface area contributed by atoms with Crippen LogP contribution < -0.4 is 5.32 Å². The van der Waals surface area contributed by atoms with Crippen molar-refractivity contribution < 1.29 is 13.6 Å². The number of ketones is 1. The molecular weight excluding hydrogens is 260 g/mol. The maximum atomic E-state index is 13.2. The molecule has 0 amide bonds. The zero-order valence-electron chi connectivity index (χ0n) is 11.4. The maximum absolute atomic E-state index is 13.2. The van der Waals surface area contributed by atoms with Crippen molar-refractivity contribution in [2.24, 2.45) is 5.92 Å². The van der Waals surface area contributed by atoms with E-state index in [1.807, 2.05) is 0 Å². The number of rotatable bonds is 2. The van der Waals surface area contributed by atoms with E-state index in [1.165, 1.54) is 19.3 Å². The van der Waals surface area contributed by atoms with Crippen molar-refractivity contribution in [3.05, 3.63) is 35.4 Å². The van der Waals surface area contributed by atoms with Gasteiger partial charge in [0, 0.05) is 17.7 Å². The molecule has 108 valence electrons. The van der Waals surface area contributed by atoms with Crippen LogP contribution in [0.3, 0.4) is 0 Å². The summed E-state index contributed by atoms with van der Waals surface area (Å²) >= 11 is 0. The lowest BCUT2D eigenvalue weighted by Crippen LogP contribution is -2.52. The van der Waals surface area contributed by atoms with E-state index in [9.17, 15) is 13.6 Å². The van der Waals surface area contributed by atoms with E-state index in [0.29, 0.717) is 12.0 Å². The molecule has 1 heterocycles. The number of carbonyl (C=O) groups excluding carboxylic acids is 1. The zero-order valence-corrected chi connectivity index (χ0v) is 11.4. The highest BCUT2D eigenvalue weighted by Crippen LogP contribution is 2.32. The summed E-state index contributed by atoms with van der Waals surface area (Å²) in [5.74, 6) is -0.913. The largest absolute Gasteiger partial charge is 0.304 e. The third kappa shape index (κ3) is 2.75. The number of halogens is 2. The Morgan fingerprint density at radius 3 is 2.45 bits per heavy atom. The minimum Gasteiger partial charge on any atom is -0.304 e. The fourth-order valence-electron chi connectivity index (χ4n) is 3.60. The smallest absolute Gasteiger partial charge is 0.179 e. The number of carbonyl (C=O) groups is 1. The van der Waals surface area contributed by atoms with Crippen molar-refractivity contribution in [3.63, 3.8) is 0 Å². The number of piperidine rings is 1. The van der Waals surface area contributed by atoms with Crippen LogP contribution in [0.1, 0.15) is 48.9 Å². The first-order chi connectivity index (χ1) is 9.63. The highest BCUT2D eigenvalue weighted by molar-refractivity contribution is 6.00. The monoisotopic (exact) mass is 279 g/mol. The number of fused-ring (bicyclic) bond motifs is 1. The molecule has 2 aliphatic rings. The number of hydrogen-bond acceptors (Lipinski definition) is 2. The van der Waals surface area contributed by atoms with Crippen LogP contribution in [0, 0.1) is 17.6 Å². The van der Waals surface area contributed by atoms with Crippen molar-refractivity contribution in [1.82, 2.24) is 5.32 Å². The van der Waals surface area contributed by atoms with Crippen LogP contribution in [0.4, 0.5) is 8.78 Å². The van der Waals surface area contributed by atoms with Gasteiger partial charge in [-0.1, -0.05) is 12.8 Å². The number of Topliss-reactive ketones (excluding diaryl/α,β-unsaturated/α-hetero) is 1. The first kappa shape index (κ1) is 13.7. The lowest BCUT2D eigenvalue weighted by molar-refractivity contribution is 0.0860. The van der Waals surface area contributed by atoms with Crippen molar-refractivity contribution in [3.8, 4) is 0 Å². The standard InChI is InChI=1S/C16H19F2NO/c17-12-7-11(8-13(18)9-12)16(20)15-6-5-10-3-1-2-4-14(10)19-15/h7-10,14-15,19H,1-6H2. The summed E-state index contributed by atoms with van der Waals surface area (Å²) in [4.78, 5) is 12.4.